The molecule has 0 amide bonds. The van der Waals surface area contributed by atoms with Crippen molar-refractivity contribution in [2.45, 2.75) is 54.0 Å². The van der Waals surface area contributed by atoms with Gasteiger partial charge in [0.1, 0.15) is 0 Å². The average Bonchev–Trinajstić information content (AvgIpc) is 2.35. The Morgan fingerprint density at radius 3 is 1.11 bits per heavy atom. The molecule has 0 aliphatic carbocycles. The first-order valence-corrected chi connectivity index (χ1v) is 11.0. The van der Waals surface area contributed by atoms with Crippen molar-refractivity contribution in [1.29, 1.82) is 0 Å². The molecule has 0 aromatic rings. The first kappa shape index (κ1) is 20.7. The highest BCUT2D eigenvalue weighted by Gasteiger charge is 2.10. The van der Waals surface area contributed by atoms with Gasteiger partial charge in [0, 0.05) is 20.8 Å². The highest BCUT2D eigenvalue weighted by Crippen LogP contribution is 2.41. The molecule has 0 N–H and O–H groups in total. The van der Waals surface area contributed by atoms with E-state index in [1.165, 1.54) is 24.6 Å². The van der Waals surface area contributed by atoms with Gasteiger partial charge in [-0.3, -0.25) is 0 Å². The lowest BCUT2D eigenvalue weighted by Crippen LogP contribution is -2.04. The monoisotopic (exact) mass is 289 g/mol. The molecule has 0 unspecified atom stereocenters. The summed E-state index contributed by atoms with van der Waals surface area (Å²) in [7, 11) is 0.832. The van der Waals surface area contributed by atoms with Gasteiger partial charge in [-0.15, -0.1) is 15.8 Å². The standard InChI is InChI=1S/C10H24P2.C5H9N/c1-5-11(6-2)9-10-12(7-3)8-4;1-5(2,3)6-4/h5-10H2,1-4H3;1-3H3. The van der Waals surface area contributed by atoms with E-state index in [1.807, 2.05) is 20.8 Å². The quantitative estimate of drug-likeness (QED) is 0.416. The maximum atomic E-state index is 6.48. The maximum Gasteiger partial charge on any atom is 0.224 e. The third kappa shape index (κ3) is 14.4. The van der Waals surface area contributed by atoms with Crippen LogP contribution in [0, 0.1) is 6.57 Å². The summed E-state index contributed by atoms with van der Waals surface area (Å²) in [5.74, 6) is 0. The normalized spacial score (nSPS) is 11.1. The fourth-order valence-corrected chi connectivity index (χ4v) is 5.78. The van der Waals surface area contributed by atoms with Gasteiger partial charge in [0.05, 0.1) is 0 Å². The fourth-order valence-electron chi connectivity index (χ4n) is 1.36. The van der Waals surface area contributed by atoms with Crippen LogP contribution in [-0.2, 0) is 0 Å². The number of rotatable bonds is 7. The molecule has 108 valence electrons. The van der Waals surface area contributed by atoms with Gasteiger partial charge >= 0.3 is 0 Å². The minimum Gasteiger partial charge on any atom is -0.311 e. The van der Waals surface area contributed by atoms with Crippen molar-refractivity contribution in [2.24, 2.45) is 0 Å². The Labute approximate surface area is 118 Å². The largest absolute Gasteiger partial charge is 0.311 e. The van der Waals surface area contributed by atoms with Gasteiger partial charge in [0.15, 0.2) is 0 Å². The molecule has 0 saturated heterocycles. The van der Waals surface area contributed by atoms with E-state index >= 15 is 0 Å². The van der Waals surface area contributed by atoms with Crippen LogP contribution >= 0.6 is 15.8 Å². The summed E-state index contributed by atoms with van der Waals surface area (Å²) in [6.07, 6.45) is 8.89. The van der Waals surface area contributed by atoms with Gasteiger partial charge in [-0.05, 0) is 37.0 Å². The SMILES string of the molecule is CCP(CC)CCP(CC)CC.[C-]#[N+]C(C)(C)C. The highest BCUT2D eigenvalue weighted by molar-refractivity contribution is 7.61. The summed E-state index contributed by atoms with van der Waals surface area (Å²) >= 11 is 0. The lowest BCUT2D eigenvalue weighted by molar-refractivity contribution is 0.688. The van der Waals surface area contributed by atoms with Gasteiger partial charge in [-0.2, -0.15) is 0 Å². The first-order valence-electron chi connectivity index (χ1n) is 7.17. The number of hydrogen-bond donors (Lipinski definition) is 0. The molecule has 0 bridgehead atoms. The van der Waals surface area contributed by atoms with E-state index in [0.717, 1.165) is 0 Å². The van der Waals surface area contributed by atoms with Crippen LogP contribution in [0.1, 0.15) is 48.5 Å². The zero-order valence-corrected chi connectivity index (χ0v) is 15.4. The summed E-state index contributed by atoms with van der Waals surface area (Å²) in [4.78, 5) is 3.27. The Balaban J connectivity index is 0. The maximum absolute atomic E-state index is 6.48. The molecule has 18 heavy (non-hydrogen) atoms. The summed E-state index contributed by atoms with van der Waals surface area (Å²) < 4.78 is 0. The Morgan fingerprint density at radius 1 is 0.778 bits per heavy atom. The zero-order valence-electron chi connectivity index (χ0n) is 13.6. The summed E-state index contributed by atoms with van der Waals surface area (Å²) in [5, 5.41) is 0. The summed E-state index contributed by atoms with van der Waals surface area (Å²) in [6, 6.07) is 0. The van der Waals surface area contributed by atoms with Crippen molar-refractivity contribution < 1.29 is 0 Å². The van der Waals surface area contributed by atoms with Gasteiger partial charge in [-0.25, -0.2) is 6.57 Å². The van der Waals surface area contributed by atoms with E-state index in [1.54, 1.807) is 12.3 Å². The third-order valence-corrected chi connectivity index (χ3v) is 8.50. The summed E-state index contributed by atoms with van der Waals surface area (Å²) in [5.41, 5.74) is -0.167. The number of nitrogens with zero attached hydrogens (tertiary/aromatic N) is 1. The molecular weight excluding hydrogens is 256 g/mol. The molecule has 0 spiro atoms. The average molecular weight is 289 g/mol. The van der Waals surface area contributed by atoms with Crippen molar-refractivity contribution in [2.75, 3.05) is 37.0 Å². The van der Waals surface area contributed by atoms with Crippen LogP contribution in [-0.4, -0.2) is 42.5 Å². The van der Waals surface area contributed by atoms with E-state index in [-0.39, 0.29) is 5.54 Å². The van der Waals surface area contributed by atoms with Gasteiger partial charge in [0.2, 0.25) is 5.54 Å². The molecule has 1 nitrogen and oxygen atoms in total. The smallest absolute Gasteiger partial charge is 0.224 e. The van der Waals surface area contributed by atoms with Crippen LogP contribution in [0.25, 0.3) is 4.85 Å². The topological polar surface area (TPSA) is 4.36 Å². The van der Waals surface area contributed by atoms with E-state index in [2.05, 4.69) is 32.5 Å². The van der Waals surface area contributed by atoms with Gasteiger partial charge < -0.3 is 4.85 Å². The van der Waals surface area contributed by atoms with Crippen LogP contribution in [0.2, 0.25) is 0 Å². The Bertz CT molecular complexity index is 196. The third-order valence-electron chi connectivity index (χ3n) is 2.86. The van der Waals surface area contributed by atoms with Crippen LogP contribution in [0.5, 0.6) is 0 Å². The highest BCUT2D eigenvalue weighted by atomic mass is 31.1. The Hall–Kier alpha value is 0.350. The van der Waals surface area contributed by atoms with Crippen molar-refractivity contribution >= 4 is 15.8 Å². The predicted octanol–water partition coefficient (Wildman–Crippen LogP) is 5.73. The predicted molar refractivity (Wildman–Crippen MR) is 92.1 cm³/mol. The molecule has 0 rings (SSSR count). The molecule has 3 heteroatoms. The molecule has 0 radical (unpaired) electrons. The van der Waals surface area contributed by atoms with Crippen LogP contribution < -0.4 is 0 Å². The number of hydrogen-bond acceptors (Lipinski definition) is 0. The first-order chi connectivity index (χ1) is 8.34. The minimum atomic E-state index is -0.167. The fraction of sp³-hybridized carbons (Fsp3) is 0.933. The molecule has 0 aliphatic rings. The van der Waals surface area contributed by atoms with Gasteiger partial charge in [-0.1, -0.05) is 27.7 Å². The van der Waals surface area contributed by atoms with E-state index in [9.17, 15) is 0 Å². The van der Waals surface area contributed by atoms with E-state index < -0.39 is 0 Å². The molecule has 0 aromatic carbocycles. The van der Waals surface area contributed by atoms with E-state index in [4.69, 9.17) is 6.57 Å². The molecule has 0 aromatic heterocycles. The molecule has 0 atom stereocenters. The molecule has 0 aliphatic heterocycles. The van der Waals surface area contributed by atoms with Crippen LogP contribution in [0.4, 0.5) is 0 Å². The second-order valence-corrected chi connectivity index (χ2v) is 11.4. The van der Waals surface area contributed by atoms with Crippen molar-refractivity contribution in [3.05, 3.63) is 11.4 Å². The van der Waals surface area contributed by atoms with Gasteiger partial charge in [0.25, 0.3) is 0 Å². The molecular formula is C15H33NP2. The van der Waals surface area contributed by atoms with Crippen molar-refractivity contribution in [1.82, 2.24) is 0 Å². The van der Waals surface area contributed by atoms with Crippen LogP contribution in [0.15, 0.2) is 0 Å². The van der Waals surface area contributed by atoms with Crippen molar-refractivity contribution in [3.63, 3.8) is 0 Å². The zero-order chi connectivity index (χ0) is 14.6. The van der Waals surface area contributed by atoms with Crippen LogP contribution in [0.3, 0.4) is 0 Å². The summed E-state index contributed by atoms with van der Waals surface area (Å²) in [6.45, 7) is 21.6. The second kappa shape index (κ2) is 12.4. The molecule has 0 saturated carbocycles. The lowest BCUT2D eigenvalue weighted by atomic mass is 10.1. The molecule has 0 heterocycles. The van der Waals surface area contributed by atoms with Crippen molar-refractivity contribution in [3.8, 4) is 0 Å². The molecule has 0 fully saturated rings. The Kier molecular flexibility index (Phi) is 14.2. The van der Waals surface area contributed by atoms with E-state index in [0.29, 0.717) is 15.8 Å². The second-order valence-electron chi connectivity index (χ2n) is 5.34. The minimum absolute atomic E-state index is 0.167. The lowest BCUT2D eigenvalue weighted by Gasteiger charge is -2.18. The Morgan fingerprint density at radius 2 is 1.00 bits per heavy atom.